The van der Waals surface area contributed by atoms with E-state index in [1.54, 1.807) is 11.8 Å². The van der Waals surface area contributed by atoms with Crippen LogP contribution in [0.4, 0.5) is 0 Å². The fraction of sp³-hybridized carbons (Fsp3) is 0.391. The first kappa shape index (κ1) is 20.7. The van der Waals surface area contributed by atoms with Gasteiger partial charge in [-0.3, -0.25) is 9.59 Å². The molecule has 4 nitrogen and oxygen atoms in total. The molecule has 0 aliphatic carbocycles. The third kappa shape index (κ3) is 6.55. The van der Waals surface area contributed by atoms with Gasteiger partial charge in [0.15, 0.2) is 0 Å². The summed E-state index contributed by atoms with van der Waals surface area (Å²) >= 11 is 0. The summed E-state index contributed by atoms with van der Waals surface area (Å²) in [4.78, 5) is 27.4. The van der Waals surface area contributed by atoms with Crippen LogP contribution < -0.4 is 5.32 Å². The van der Waals surface area contributed by atoms with Gasteiger partial charge in [0.2, 0.25) is 11.8 Å². The van der Waals surface area contributed by atoms with Crippen molar-refractivity contribution in [3.05, 3.63) is 71.3 Å². The molecular weight excluding hydrogens is 336 g/mol. The van der Waals surface area contributed by atoms with E-state index in [0.717, 1.165) is 16.7 Å². The van der Waals surface area contributed by atoms with Gasteiger partial charge in [-0.1, -0.05) is 60.2 Å². The molecule has 0 fully saturated rings. The average Bonchev–Trinajstić information content (AvgIpc) is 2.58. The van der Waals surface area contributed by atoms with E-state index in [9.17, 15) is 9.59 Å². The van der Waals surface area contributed by atoms with Crippen LogP contribution in [-0.4, -0.2) is 28.3 Å². The first-order chi connectivity index (χ1) is 12.7. The molecule has 2 rings (SSSR count). The molecule has 2 aromatic rings. The van der Waals surface area contributed by atoms with Crippen molar-refractivity contribution in [3.63, 3.8) is 0 Å². The van der Waals surface area contributed by atoms with E-state index in [1.807, 2.05) is 76.2 Å². The molecule has 27 heavy (non-hydrogen) atoms. The molecule has 4 heteroatoms. The fourth-order valence-electron chi connectivity index (χ4n) is 2.94. The summed E-state index contributed by atoms with van der Waals surface area (Å²) in [6, 6.07) is 17.1. The second kappa shape index (κ2) is 8.85. The molecule has 0 aliphatic rings. The molecular formula is C23H30N2O2. The third-order valence-corrected chi connectivity index (χ3v) is 4.30. The molecule has 0 unspecified atom stereocenters. The van der Waals surface area contributed by atoms with E-state index in [1.165, 1.54) is 0 Å². The predicted octanol–water partition coefficient (Wildman–Crippen LogP) is 3.87. The van der Waals surface area contributed by atoms with Crippen molar-refractivity contribution in [1.82, 2.24) is 10.2 Å². The first-order valence-corrected chi connectivity index (χ1v) is 9.37. The number of benzene rings is 2. The van der Waals surface area contributed by atoms with Gasteiger partial charge in [-0.05, 0) is 45.7 Å². The van der Waals surface area contributed by atoms with E-state index in [-0.39, 0.29) is 23.8 Å². The van der Waals surface area contributed by atoms with Crippen molar-refractivity contribution in [2.75, 3.05) is 0 Å². The summed E-state index contributed by atoms with van der Waals surface area (Å²) in [6.45, 7) is 10.0. The lowest BCUT2D eigenvalue weighted by atomic mass is 10.1. The third-order valence-electron chi connectivity index (χ3n) is 4.30. The van der Waals surface area contributed by atoms with Gasteiger partial charge in [-0.2, -0.15) is 0 Å². The Balaban J connectivity index is 2.23. The highest BCUT2D eigenvalue weighted by Crippen LogP contribution is 2.14. The largest absolute Gasteiger partial charge is 0.350 e. The van der Waals surface area contributed by atoms with Crippen molar-refractivity contribution in [3.8, 4) is 0 Å². The van der Waals surface area contributed by atoms with Crippen molar-refractivity contribution < 1.29 is 9.59 Å². The Hall–Kier alpha value is -2.62. The summed E-state index contributed by atoms with van der Waals surface area (Å²) in [6.07, 6.45) is 0.278. The summed E-state index contributed by atoms with van der Waals surface area (Å²) in [7, 11) is 0. The maximum atomic E-state index is 13.1. The number of carbonyl (C=O) groups excluding carboxylic acids is 2. The van der Waals surface area contributed by atoms with Gasteiger partial charge in [-0.15, -0.1) is 0 Å². The van der Waals surface area contributed by atoms with Crippen LogP contribution in [0.1, 0.15) is 44.4 Å². The second-order valence-electron chi connectivity index (χ2n) is 8.09. The maximum absolute atomic E-state index is 13.1. The summed E-state index contributed by atoms with van der Waals surface area (Å²) in [5.74, 6) is -0.198. The molecule has 0 spiro atoms. The van der Waals surface area contributed by atoms with Crippen molar-refractivity contribution in [2.45, 2.75) is 59.2 Å². The molecule has 0 saturated carbocycles. The van der Waals surface area contributed by atoms with Gasteiger partial charge in [0, 0.05) is 12.1 Å². The van der Waals surface area contributed by atoms with Crippen LogP contribution in [0, 0.1) is 6.92 Å². The molecule has 1 atom stereocenters. The van der Waals surface area contributed by atoms with Crippen molar-refractivity contribution in [2.24, 2.45) is 0 Å². The molecule has 0 radical (unpaired) electrons. The quantitative estimate of drug-likeness (QED) is 0.844. The van der Waals surface area contributed by atoms with Crippen LogP contribution >= 0.6 is 0 Å². The fourth-order valence-corrected chi connectivity index (χ4v) is 2.94. The highest BCUT2D eigenvalue weighted by Gasteiger charge is 2.28. The molecule has 2 amide bonds. The summed E-state index contributed by atoms with van der Waals surface area (Å²) in [5, 5.41) is 2.98. The van der Waals surface area contributed by atoms with E-state index >= 15 is 0 Å². The lowest BCUT2D eigenvalue weighted by molar-refractivity contribution is -0.140. The number of carbonyl (C=O) groups is 2. The number of amides is 2. The molecule has 0 aliphatic heterocycles. The standard InChI is InChI=1S/C23H30N2O2/c1-17-10-9-13-20(14-17)16-25(18(2)22(27)24-23(3,4)5)21(26)15-19-11-7-6-8-12-19/h6-14,18H,15-16H2,1-5H3,(H,24,27)/t18-/m0/s1. The van der Waals surface area contributed by atoms with Crippen LogP contribution in [0.15, 0.2) is 54.6 Å². The average molecular weight is 367 g/mol. The lowest BCUT2D eigenvalue weighted by Gasteiger charge is -2.31. The Morgan fingerprint density at radius 2 is 1.63 bits per heavy atom. The van der Waals surface area contributed by atoms with E-state index in [0.29, 0.717) is 6.54 Å². The highest BCUT2D eigenvalue weighted by atomic mass is 16.2. The smallest absolute Gasteiger partial charge is 0.242 e. The molecule has 0 bridgehead atoms. The van der Waals surface area contributed by atoms with E-state index in [4.69, 9.17) is 0 Å². The number of hydrogen-bond acceptors (Lipinski definition) is 2. The minimum absolute atomic E-state index is 0.0562. The number of rotatable bonds is 6. The number of aryl methyl sites for hydroxylation is 1. The van der Waals surface area contributed by atoms with E-state index in [2.05, 4.69) is 11.4 Å². The van der Waals surface area contributed by atoms with Crippen molar-refractivity contribution >= 4 is 11.8 Å². The Morgan fingerprint density at radius 3 is 2.22 bits per heavy atom. The van der Waals surface area contributed by atoms with Crippen LogP contribution in [0.5, 0.6) is 0 Å². The molecule has 0 heterocycles. The molecule has 144 valence electrons. The summed E-state index contributed by atoms with van der Waals surface area (Å²) in [5.41, 5.74) is 2.75. The van der Waals surface area contributed by atoms with E-state index < -0.39 is 6.04 Å². The Kier molecular flexibility index (Phi) is 6.78. The predicted molar refractivity (Wildman–Crippen MR) is 109 cm³/mol. The first-order valence-electron chi connectivity index (χ1n) is 9.37. The highest BCUT2D eigenvalue weighted by molar-refractivity contribution is 5.88. The maximum Gasteiger partial charge on any atom is 0.242 e. The topological polar surface area (TPSA) is 49.4 Å². The van der Waals surface area contributed by atoms with Gasteiger partial charge >= 0.3 is 0 Å². The zero-order chi connectivity index (χ0) is 20.0. The van der Waals surface area contributed by atoms with Crippen LogP contribution in [0.25, 0.3) is 0 Å². The Morgan fingerprint density at radius 1 is 1.00 bits per heavy atom. The number of nitrogens with zero attached hydrogens (tertiary/aromatic N) is 1. The van der Waals surface area contributed by atoms with Crippen LogP contribution in [-0.2, 0) is 22.6 Å². The SMILES string of the molecule is Cc1cccc(CN(C(=O)Cc2ccccc2)[C@@H](C)C(=O)NC(C)(C)C)c1. The number of hydrogen-bond donors (Lipinski definition) is 1. The van der Waals surface area contributed by atoms with Crippen LogP contribution in [0.2, 0.25) is 0 Å². The number of nitrogens with one attached hydrogen (secondary N) is 1. The zero-order valence-corrected chi connectivity index (χ0v) is 17.0. The Labute approximate surface area is 162 Å². The van der Waals surface area contributed by atoms with Gasteiger partial charge < -0.3 is 10.2 Å². The van der Waals surface area contributed by atoms with Gasteiger partial charge in [-0.25, -0.2) is 0 Å². The van der Waals surface area contributed by atoms with Gasteiger partial charge in [0.1, 0.15) is 6.04 Å². The van der Waals surface area contributed by atoms with Crippen molar-refractivity contribution in [1.29, 1.82) is 0 Å². The lowest BCUT2D eigenvalue weighted by Crippen LogP contribution is -2.52. The van der Waals surface area contributed by atoms with Gasteiger partial charge in [0.05, 0.1) is 6.42 Å². The van der Waals surface area contributed by atoms with Gasteiger partial charge in [0.25, 0.3) is 0 Å². The summed E-state index contributed by atoms with van der Waals surface area (Å²) < 4.78 is 0. The minimum atomic E-state index is -0.555. The molecule has 2 aromatic carbocycles. The molecule has 0 aromatic heterocycles. The molecule has 1 N–H and O–H groups in total. The van der Waals surface area contributed by atoms with Crippen LogP contribution in [0.3, 0.4) is 0 Å². The molecule has 0 saturated heterocycles. The zero-order valence-electron chi connectivity index (χ0n) is 17.0. The normalized spacial score (nSPS) is 12.3. The Bertz CT molecular complexity index is 778. The monoisotopic (exact) mass is 366 g/mol. The minimum Gasteiger partial charge on any atom is -0.350 e. The second-order valence-corrected chi connectivity index (χ2v) is 8.09.